The van der Waals surface area contributed by atoms with E-state index in [2.05, 4.69) is 10.1 Å². The molecule has 3 rings (SSSR count). The number of hydrogen-bond acceptors (Lipinski definition) is 3. The van der Waals surface area contributed by atoms with Gasteiger partial charge < -0.3 is 10.1 Å². The van der Waals surface area contributed by atoms with Crippen LogP contribution < -0.4 is 5.32 Å². The van der Waals surface area contributed by atoms with E-state index in [0.717, 1.165) is 12.0 Å². The first-order chi connectivity index (χ1) is 10.2. The Morgan fingerprint density at radius 1 is 1.14 bits per heavy atom. The molecule has 2 aromatic carbocycles. The number of hydrogen-bond donors (Lipinski definition) is 1. The Labute approximate surface area is 122 Å². The molecule has 1 amide bonds. The predicted molar refractivity (Wildman–Crippen MR) is 79.3 cm³/mol. The second-order valence-electron chi connectivity index (χ2n) is 5.02. The standard InChI is InChI=1S/C17H15NO3/c1-21-17(20)12-6-4-7-13(9-12)18-16(19)15-10-11-5-2-3-8-14(11)15/h2-9,15H,10H2,1H3,(H,18,19). The summed E-state index contributed by atoms with van der Waals surface area (Å²) in [4.78, 5) is 23.8. The van der Waals surface area contributed by atoms with Gasteiger partial charge in [0.1, 0.15) is 0 Å². The summed E-state index contributed by atoms with van der Waals surface area (Å²) in [6.07, 6.45) is 0.763. The Balaban J connectivity index is 1.73. The predicted octanol–water partition coefficient (Wildman–Crippen LogP) is 2.75. The topological polar surface area (TPSA) is 55.4 Å². The fourth-order valence-corrected chi connectivity index (χ4v) is 2.56. The molecule has 1 unspecified atom stereocenters. The highest BCUT2D eigenvalue weighted by Crippen LogP contribution is 2.35. The third-order valence-corrected chi connectivity index (χ3v) is 3.72. The Morgan fingerprint density at radius 2 is 1.95 bits per heavy atom. The molecule has 1 aliphatic rings. The summed E-state index contributed by atoms with van der Waals surface area (Å²) < 4.78 is 4.67. The highest BCUT2D eigenvalue weighted by molar-refractivity contribution is 5.99. The molecule has 21 heavy (non-hydrogen) atoms. The molecule has 4 nitrogen and oxygen atoms in total. The summed E-state index contributed by atoms with van der Waals surface area (Å²) in [5, 5.41) is 2.86. The van der Waals surface area contributed by atoms with Crippen molar-refractivity contribution in [3.05, 3.63) is 65.2 Å². The molecule has 4 heteroatoms. The first-order valence-corrected chi connectivity index (χ1v) is 6.76. The monoisotopic (exact) mass is 281 g/mol. The lowest BCUT2D eigenvalue weighted by Gasteiger charge is -2.28. The third-order valence-electron chi connectivity index (χ3n) is 3.72. The second-order valence-corrected chi connectivity index (χ2v) is 5.02. The second kappa shape index (κ2) is 5.40. The molecule has 2 aromatic rings. The normalized spacial score (nSPS) is 15.6. The van der Waals surface area contributed by atoms with Gasteiger partial charge in [-0.05, 0) is 35.7 Å². The van der Waals surface area contributed by atoms with Crippen molar-refractivity contribution < 1.29 is 14.3 Å². The largest absolute Gasteiger partial charge is 0.465 e. The van der Waals surface area contributed by atoms with E-state index in [-0.39, 0.29) is 11.8 Å². The van der Waals surface area contributed by atoms with E-state index in [1.54, 1.807) is 24.3 Å². The van der Waals surface area contributed by atoms with Gasteiger partial charge in [0.15, 0.2) is 0 Å². The number of amides is 1. The van der Waals surface area contributed by atoms with Crippen LogP contribution in [0.15, 0.2) is 48.5 Å². The fraction of sp³-hybridized carbons (Fsp3) is 0.176. The average Bonchev–Trinajstić information content (AvgIpc) is 2.48. The van der Waals surface area contributed by atoms with Crippen LogP contribution in [0, 0.1) is 0 Å². The van der Waals surface area contributed by atoms with Crippen LogP contribution in [0.3, 0.4) is 0 Å². The molecule has 0 bridgehead atoms. The average molecular weight is 281 g/mol. The molecule has 1 aliphatic carbocycles. The lowest BCUT2D eigenvalue weighted by molar-refractivity contribution is -0.118. The van der Waals surface area contributed by atoms with Gasteiger partial charge in [-0.2, -0.15) is 0 Å². The van der Waals surface area contributed by atoms with Crippen LogP contribution in [0.2, 0.25) is 0 Å². The number of fused-ring (bicyclic) bond motifs is 1. The Kier molecular flexibility index (Phi) is 3.44. The van der Waals surface area contributed by atoms with Crippen LogP contribution in [-0.2, 0) is 16.0 Å². The highest BCUT2D eigenvalue weighted by Gasteiger charge is 2.31. The van der Waals surface area contributed by atoms with Crippen LogP contribution in [0.25, 0.3) is 0 Å². The number of ether oxygens (including phenoxy) is 1. The SMILES string of the molecule is COC(=O)c1cccc(NC(=O)C2Cc3ccccc32)c1. The van der Waals surface area contributed by atoms with E-state index < -0.39 is 5.97 Å². The van der Waals surface area contributed by atoms with Gasteiger partial charge >= 0.3 is 5.97 Å². The summed E-state index contributed by atoms with van der Waals surface area (Å²) in [6, 6.07) is 14.7. The number of nitrogens with one attached hydrogen (secondary N) is 1. The molecule has 106 valence electrons. The fourth-order valence-electron chi connectivity index (χ4n) is 2.56. The molecule has 0 heterocycles. The molecular weight excluding hydrogens is 266 g/mol. The van der Waals surface area contributed by atoms with Crippen LogP contribution in [0.5, 0.6) is 0 Å². The van der Waals surface area contributed by atoms with Crippen molar-refractivity contribution in [2.45, 2.75) is 12.3 Å². The Morgan fingerprint density at radius 3 is 2.71 bits per heavy atom. The van der Waals surface area contributed by atoms with E-state index in [1.807, 2.05) is 24.3 Å². The van der Waals surface area contributed by atoms with Crippen LogP contribution in [0.1, 0.15) is 27.4 Å². The van der Waals surface area contributed by atoms with E-state index in [1.165, 1.54) is 12.7 Å². The summed E-state index contributed by atoms with van der Waals surface area (Å²) in [5.74, 6) is -0.571. The lowest BCUT2D eigenvalue weighted by Crippen LogP contribution is -2.30. The van der Waals surface area contributed by atoms with E-state index in [9.17, 15) is 9.59 Å². The minimum Gasteiger partial charge on any atom is -0.465 e. The third kappa shape index (κ3) is 2.52. The zero-order valence-corrected chi connectivity index (χ0v) is 11.6. The number of carbonyl (C=O) groups excluding carboxylic acids is 2. The van der Waals surface area contributed by atoms with Crippen molar-refractivity contribution in [2.75, 3.05) is 12.4 Å². The summed E-state index contributed by atoms with van der Waals surface area (Å²) >= 11 is 0. The highest BCUT2D eigenvalue weighted by atomic mass is 16.5. The van der Waals surface area contributed by atoms with E-state index in [0.29, 0.717) is 11.3 Å². The van der Waals surface area contributed by atoms with Crippen LogP contribution >= 0.6 is 0 Å². The molecule has 0 radical (unpaired) electrons. The van der Waals surface area contributed by atoms with Crippen molar-refractivity contribution in [1.29, 1.82) is 0 Å². The van der Waals surface area contributed by atoms with E-state index >= 15 is 0 Å². The summed E-state index contributed by atoms with van der Waals surface area (Å²) in [6.45, 7) is 0. The van der Waals surface area contributed by atoms with Gasteiger partial charge in [0.25, 0.3) is 0 Å². The van der Waals surface area contributed by atoms with Gasteiger partial charge in [-0.1, -0.05) is 30.3 Å². The quantitative estimate of drug-likeness (QED) is 0.880. The molecule has 0 saturated carbocycles. The molecule has 0 spiro atoms. The summed E-state index contributed by atoms with van der Waals surface area (Å²) in [7, 11) is 1.33. The van der Waals surface area contributed by atoms with Crippen molar-refractivity contribution >= 4 is 17.6 Å². The van der Waals surface area contributed by atoms with Crippen molar-refractivity contribution in [3.8, 4) is 0 Å². The van der Waals surface area contributed by atoms with Gasteiger partial charge in [-0.15, -0.1) is 0 Å². The molecule has 1 atom stereocenters. The number of rotatable bonds is 3. The van der Waals surface area contributed by atoms with Crippen molar-refractivity contribution in [3.63, 3.8) is 0 Å². The maximum atomic E-state index is 12.3. The van der Waals surface area contributed by atoms with Gasteiger partial charge in [0.05, 0.1) is 18.6 Å². The zero-order chi connectivity index (χ0) is 14.8. The molecule has 1 N–H and O–H groups in total. The minimum absolute atomic E-state index is 0.0456. The Bertz CT molecular complexity index is 709. The molecule has 0 aliphatic heterocycles. The van der Waals surface area contributed by atoms with Gasteiger partial charge in [0, 0.05) is 5.69 Å². The number of anilines is 1. The lowest BCUT2D eigenvalue weighted by atomic mass is 9.77. The number of methoxy groups -OCH3 is 1. The zero-order valence-electron chi connectivity index (χ0n) is 11.6. The maximum absolute atomic E-state index is 12.3. The number of carbonyl (C=O) groups is 2. The number of benzene rings is 2. The van der Waals surface area contributed by atoms with Gasteiger partial charge in [0.2, 0.25) is 5.91 Å². The van der Waals surface area contributed by atoms with Crippen LogP contribution in [0.4, 0.5) is 5.69 Å². The Hall–Kier alpha value is -2.62. The summed E-state index contributed by atoms with van der Waals surface area (Å²) in [5.41, 5.74) is 3.33. The van der Waals surface area contributed by atoms with Crippen molar-refractivity contribution in [1.82, 2.24) is 0 Å². The molecule has 0 saturated heterocycles. The smallest absolute Gasteiger partial charge is 0.337 e. The van der Waals surface area contributed by atoms with Crippen LogP contribution in [-0.4, -0.2) is 19.0 Å². The maximum Gasteiger partial charge on any atom is 0.337 e. The van der Waals surface area contributed by atoms with Gasteiger partial charge in [-0.3, -0.25) is 4.79 Å². The first kappa shape index (κ1) is 13.4. The molecular formula is C17H15NO3. The molecule has 0 fully saturated rings. The minimum atomic E-state index is -0.417. The first-order valence-electron chi connectivity index (χ1n) is 6.76. The molecule has 0 aromatic heterocycles. The van der Waals surface area contributed by atoms with Crippen molar-refractivity contribution in [2.24, 2.45) is 0 Å². The number of esters is 1. The van der Waals surface area contributed by atoms with Gasteiger partial charge in [-0.25, -0.2) is 4.79 Å². The van der Waals surface area contributed by atoms with E-state index in [4.69, 9.17) is 0 Å².